The predicted octanol–water partition coefficient (Wildman–Crippen LogP) is 3.15. The maximum atomic E-state index is 12.8. The summed E-state index contributed by atoms with van der Waals surface area (Å²) in [6, 6.07) is 11.9. The molecule has 28 heavy (non-hydrogen) atoms. The molecule has 3 aromatic rings. The molecule has 0 aliphatic rings. The molecular weight excluding hydrogens is 401 g/mol. The predicted molar refractivity (Wildman–Crippen MR) is 111 cm³/mol. The summed E-state index contributed by atoms with van der Waals surface area (Å²) in [4.78, 5) is 39.5. The molecule has 0 radical (unpaired) electrons. The van der Waals surface area contributed by atoms with E-state index in [9.17, 15) is 14.4 Å². The second kappa shape index (κ2) is 8.20. The molecule has 8 heteroatoms. The Kier molecular flexibility index (Phi) is 5.91. The Bertz CT molecular complexity index is 1170. The second-order valence-electron chi connectivity index (χ2n) is 6.42. The van der Waals surface area contributed by atoms with Gasteiger partial charge in [0.2, 0.25) is 5.91 Å². The molecule has 0 atom stereocenters. The summed E-state index contributed by atoms with van der Waals surface area (Å²) >= 11 is 12.1. The zero-order chi connectivity index (χ0) is 20.4. The molecule has 1 heterocycles. The lowest BCUT2D eigenvalue weighted by atomic mass is 10.2. The number of nitrogens with zero attached hydrogens (tertiary/aromatic N) is 3. The molecule has 0 aliphatic carbocycles. The van der Waals surface area contributed by atoms with Gasteiger partial charge in [0.15, 0.2) is 0 Å². The molecule has 6 nitrogen and oxygen atoms in total. The van der Waals surface area contributed by atoms with Crippen molar-refractivity contribution in [2.45, 2.75) is 26.6 Å². The third-order valence-electron chi connectivity index (χ3n) is 4.59. The van der Waals surface area contributed by atoms with Gasteiger partial charge in [-0.15, -0.1) is 0 Å². The molecular formula is C20H19Cl2N3O3. The molecule has 0 spiro atoms. The fourth-order valence-electron chi connectivity index (χ4n) is 3.05. The second-order valence-corrected chi connectivity index (χ2v) is 7.26. The van der Waals surface area contributed by atoms with E-state index >= 15 is 0 Å². The number of fused-ring (bicyclic) bond motifs is 1. The number of benzene rings is 2. The van der Waals surface area contributed by atoms with Crippen molar-refractivity contribution < 1.29 is 4.79 Å². The Hall–Kier alpha value is -2.57. The normalized spacial score (nSPS) is 11.0. The van der Waals surface area contributed by atoms with Gasteiger partial charge in [-0.1, -0.05) is 41.4 Å². The number of amides is 1. The lowest BCUT2D eigenvalue weighted by Gasteiger charge is -2.20. The first-order chi connectivity index (χ1) is 13.3. The van der Waals surface area contributed by atoms with Gasteiger partial charge in [-0.05, 0) is 36.8 Å². The molecule has 0 saturated carbocycles. The molecule has 3 rings (SSSR count). The SMILES string of the molecule is CCn1c(=O)c2ccccc2n(CC(=O)N(C)Cc2ccc(Cl)cc2Cl)c1=O. The van der Waals surface area contributed by atoms with Gasteiger partial charge in [-0.2, -0.15) is 0 Å². The molecule has 2 aromatic carbocycles. The van der Waals surface area contributed by atoms with Crippen molar-refractivity contribution in [3.63, 3.8) is 0 Å². The minimum absolute atomic E-state index is 0.179. The summed E-state index contributed by atoms with van der Waals surface area (Å²) in [6.07, 6.45) is 0. The van der Waals surface area contributed by atoms with Gasteiger partial charge >= 0.3 is 5.69 Å². The van der Waals surface area contributed by atoms with Gasteiger partial charge in [0.25, 0.3) is 5.56 Å². The van der Waals surface area contributed by atoms with E-state index in [1.54, 1.807) is 56.4 Å². The van der Waals surface area contributed by atoms with Crippen LogP contribution in [0.4, 0.5) is 0 Å². The van der Waals surface area contributed by atoms with E-state index < -0.39 is 5.69 Å². The number of carbonyl (C=O) groups is 1. The Morgan fingerprint density at radius 2 is 1.79 bits per heavy atom. The molecule has 0 fully saturated rings. The molecule has 0 saturated heterocycles. The number of hydrogen-bond acceptors (Lipinski definition) is 3. The van der Waals surface area contributed by atoms with Gasteiger partial charge in [0.05, 0.1) is 10.9 Å². The summed E-state index contributed by atoms with van der Waals surface area (Å²) in [7, 11) is 1.64. The highest BCUT2D eigenvalue weighted by Gasteiger charge is 2.17. The van der Waals surface area contributed by atoms with Gasteiger partial charge in [-0.3, -0.25) is 18.7 Å². The fourth-order valence-corrected chi connectivity index (χ4v) is 3.52. The average molecular weight is 420 g/mol. The van der Waals surface area contributed by atoms with Crippen molar-refractivity contribution in [2.75, 3.05) is 7.05 Å². The number of aromatic nitrogens is 2. The number of rotatable bonds is 5. The van der Waals surface area contributed by atoms with Crippen LogP contribution in [0.2, 0.25) is 10.0 Å². The number of likely N-dealkylation sites (N-methyl/N-ethyl adjacent to an activating group) is 1. The lowest BCUT2D eigenvalue weighted by Crippen LogP contribution is -2.42. The van der Waals surface area contributed by atoms with Gasteiger partial charge in [-0.25, -0.2) is 4.79 Å². The minimum atomic E-state index is -0.502. The topological polar surface area (TPSA) is 64.3 Å². The summed E-state index contributed by atoms with van der Waals surface area (Å²) in [5.41, 5.74) is 0.330. The van der Waals surface area contributed by atoms with Crippen LogP contribution in [0.1, 0.15) is 12.5 Å². The number of para-hydroxylation sites is 1. The summed E-state index contributed by atoms with van der Waals surface area (Å²) in [5, 5.41) is 1.39. The van der Waals surface area contributed by atoms with E-state index in [2.05, 4.69) is 0 Å². The third kappa shape index (κ3) is 3.84. The summed E-state index contributed by atoms with van der Waals surface area (Å²) < 4.78 is 2.47. The van der Waals surface area contributed by atoms with Crippen LogP contribution in [0.5, 0.6) is 0 Å². The number of hydrogen-bond donors (Lipinski definition) is 0. The molecule has 1 aromatic heterocycles. The minimum Gasteiger partial charge on any atom is -0.340 e. The summed E-state index contributed by atoms with van der Waals surface area (Å²) in [5.74, 6) is -0.278. The highest BCUT2D eigenvalue weighted by Crippen LogP contribution is 2.22. The smallest absolute Gasteiger partial charge is 0.331 e. The lowest BCUT2D eigenvalue weighted by molar-refractivity contribution is -0.131. The first-order valence-electron chi connectivity index (χ1n) is 8.73. The van der Waals surface area contributed by atoms with Crippen molar-refractivity contribution in [1.82, 2.24) is 14.0 Å². The van der Waals surface area contributed by atoms with E-state index in [-0.39, 0.29) is 31.1 Å². The maximum Gasteiger partial charge on any atom is 0.331 e. The highest BCUT2D eigenvalue weighted by molar-refractivity contribution is 6.35. The molecule has 0 bridgehead atoms. The third-order valence-corrected chi connectivity index (χ3v) is 5.18. The van der Waals surface area contributed by atoms with Gasteiger partial charge in [0, 0.05) is 30.2 Å². The van der Waals surface area contributed by atoms with Crippen LogP contribution >= 0.6 is 23.2 Å². The van der Waals surface area contributed by atoms with Crippen molar-refractivity contribution in [2.24, 2.45) is 0 Å². The van der Waals surface area contributed by atoms with E-state index in [1.807, 2.05) is 0 Å². The first kappa shape index (κ1) is 20.2. The van der Waals surface area contributed by atoms with Crippen molar-refractivity contribution >= 4 is 40.0 Å². The average Bonchev–Trinajstić information content (AvgIpc) is 2.67. The molecule has 1 amide bonds. The van der Waals surface area contributed by atoms with Gasteiger partial charge < -0.3 is 4.90 Å². The van der Waals surface area contributed by atoms with Crippen molar-refractivity contribution in [3.05, 3.63) is 78.9 Å². The number of halogens is 2. The van der Waals surface area contributed by atoms with Crippen LogP contribution in [0, 0.1) is 0 Å². The Morgan fingerprint density at radius 1 is 1.07 bits per heavy atom. The highest BCUT2D eigenvalue weighted by atomic mass is 35.5. The van der Waals surface area contributed by atoms with Gasteiger partial charge in [0.1, 0.15) is 6.54 Å². The molecule has 0 unspecified atom stereocenters. The van der Waals surface area contributed by atoms with Crippen LogP contribution in [0.25, 0.3) is 10.9 Å². The zero-order valence-electron chi connectivity index (χ0n) is 15.5. The van der Waals surface area contributed by atoms with E-state index in [0.29, 0.717) is 20.9 Å². The molecule has 0 N–H and O–H groups in total. The largest absolute Gasteiger partial charge is 0.340 e. The summed E-state index contributed by atoms with van der Waals surface area (Å²) in [6.45, 7) is 2.04. The van der Waals surface area contributed by atoms with Crippen molar-refractivity contribution in [3.8, 4) is 0 Å². The monoisotopic (exact) mass is 419 g/mol. The van der Waals surface area contributed by atoms with E-state index in [0.717, 1.165) is 10.1 Å². The zero-order valence-corrected chi connectivity index (χ0v) is 17.0. The Morgan fingerprint density at radius 3 is 2.46 bits per heavy atom. The van der Waals surface area contributed by atoms with Crippen LogP contribution in [-0.2, 0) is 24.4 Å². The maximum absolute atomic E-state index is 12.8. The molecule has 0 aliphatic heterocycles. The van der Waals surface area contributed by atoms with Crippen molar-refractivity contribution in [1.29, 1.82) is 0 Å². The Labute approximate surface area is 171 Å². The quantitative estimate of drug-likeness (QED) is 0.637. The standard InChI is InChI=1S/C20H19Cl2N3O3/c1-3-24-19(27)15-6-4-5-7-17(15)25(20(24)28)12-18(26)23(2)11-13-8-9-14(21)10-16(13)22/h4-10H,3,11-12H2,1-2H3. The van der Waals surface area contributed by atoms with Crippen LogP contribution in [0.3, 0.4) is 0 Å². The van der Waals surface area contributed by atoms with E-state index in [1.165, 1.54) is 9.47 Å². The first-order valence-corrected chi connectivity index (χ1v) is 9.49. The number of carbonyl (C=O) groups excluding carboxylic acids is 1. The van der Waals surface area contributed by atoms with Crippen LogP contribution < -0.4 is 11.2 Å². The van der Waals surface area contributed by atoms with Crippen LogP contribution in [0.15, 0.2) is 52.1 Å². The molecule has 146 valence electrons. The Balaban J connectivity index is 1.94. The fraction of sp³-hybridized carbons (Fsp3) is 0.250. The van der Waals surface area contributed by atoms with E-state index in [4.69, 9.17) is 23.2 Å². The van der Waals surface area contributed by atoms with Crippen LogP contribution in [-0.4, -0.2) is 27.0 Å².